The van der Waals surface area contributed by atoms with E-state index in [1.807, 2.05) is 6.07 Å². The molecule has 10 nitrogen and oxygen atoms in total. The number of carbonyl (C=O) groups is 3. The minimum Gasteiger partial charge on any atom is -0.508 e. The highest BCUT2D eigenvalue weighted by Crippen LogP contribution is 2.63. The van der Waals surface area contributed by atoms with Crippen molar-refractivity contribution in [2.75, 3.05) is 14.1 Å². The first-order chi connectivity index (χ1) is 16.7. The average molecular weight is 494 g/mol. The summed E-state index contributed by atoms with van der Waals surface area (Å²) in [6.45, 7) is 3.17. The number of nitriles is 1. The molecule has 0 radical (unpaired) electrons. The van der Waals surface area contributed by atoms with E-state index in [9.17, 15) is 34.8 Å². The largest absolute Gasteiger partial charge is 0.508 e. The molecule has 0 bridgehead atoms. The Balaban J connectivity index is 2.09. The van der Waals surface area contributed by atoms with E-state index >= 15 is 0 Å². The van der Waals surface area contributed by atoms with Gasteiger partial charge in [0.15, 0.2) is 11.4 Å². The van der Waals surface area contributed by atoms with Gasteiger partial charge in [-0.3, -0.25) is 19.3 Å². The number of allylic oxidation sites excluding steroid dienone is 1. The Morgan fingerprint density at radius 1 is 1.22 bits per heavy atom. The monoisotopic (exact) mass is 493 g/mol. The second kappa shape index (κ2) is 7.78. The molecule has 0 aromatic heterocycles. The lowest BCUT2D eigenvalue weighted by atomic mass is 9.46. The number of aliphatic hydroxyl groups is 3. The molecule has 3 aliphatic rings. The summed E-state index contributed by atoms with van der Waals surface area (Å²) >= 11 is 0. The summed E-state index contributed by atoms with van der Waals surface area (Å²) in [5.41, 5.74) is -0.304. The summed E-state index contributed by atoms with van der Waals surface area (Å²) in [4.78, 5) is 41.0. The second-order valence-corrected chi connectivity index (χ2v) is 10.4. The highest BCUT2D eigenvalue weighted by molar-refractivity contribution is 6.25. The van der Waals surface area contributed by atoms with Crippen molar-refractivity contribution in [1.29, 1.82) is 5.26 Å². The van der Waals surface area contributed by atoms with Crippen molar-refractivity contribution in [1.82, 2.24) is 4.90 Å². The molecule has 6 N–H and O–H groups in total. The first kappa shape index (κ1) is 25.2. The lowest BCUT2D eigenvalue weighted by Crippen LogP contribution is -2.72. The fourth-order valence-electron chi connectivity index (χ4n) is 6.63. The summed E-state index contributed by atoms with van der Waals surface area (Å²) in [5, 5.41) is 53.8. The lowest BCUT2D eigenvalue weighted by molar-refractivity contribution is -0.176. The number of likely N-dealkylation sites (N-methyl/N-ethyl adjacent to an activating group) is 1. The van der Waals surface area contributed by atoms with E-state index in [2.05, 4.69) is 0 Å². The molecule has 3 aliphatic carbocycles. The van der Waals surface area contributed by atoms with E-state index in [0.717, 1.165) is 0 Å². The van der Waals surface area contributed by atoms with Crippen molar-refractivity contribution in [3.63, 3.8) is 0 Å². The molecule has 4 atom stereocenters. The van der Waals surface area contributed by atoms with Gasteiger partial charge >= 0.3 is 0 Å². The summed E-state index contributed by atoms with van der Waals surface area (Å²) in [6.07, 6.45) is 2.81. The van der Waals surface area contributed by atoms with Gasteiger partial charge in [0.25, 0.3) is 5.91 Å². The van der Waals surface area contributed by atoms with Crippen LogP contribution in [0.15, 0.2) is 35.1 Å². The Bertz CT molecular complexity index is 1380. The Hall–Kier alpha value is -3.94. The van der Waals surface area contributed by atoms with Crippen LogP contribution in [0.3, 0.4) is 0 Å². The number of phenols is 1. The number of phenolic OH excluding ortho intramolecular Hbond substituents is 1. The third kappa shape index (κ3) is 2.93. The van der Waals surface area contributed by atoms with Crippen molar-refractivity contribution in [3.8, 4) is 11.8 Å². The average Bonchev–Trinajstić information content (AvgIpc) is 2.75. The molecule has 10 heteroatoms. The maximum Gasteiger partial charge on any atom is 0.255 e. The van der Waals surface area contributed by atoms with Gasteiger partial charge < -0.3 is 26.2 Å². The maximum absolute atomic E-state index is 14.1. The van der Waals surface area contributed by atoms with Gasteiger partial charge in [0, 0.05) is 22.5 Å². The summed E-state index contributed by atoms with van der Waals surface area (Å²) in [6, 6.07) is 3.57. The SMILES string of the molecule is CN(C)[C@@H]1C(=O)C(C(N)=O)=C(O)[C@@]2(O)C(=O)C3=C(O)c4c(O)ccc(/C=C/C#N)c4C[C@@]3(C)C[C@@]12C. The molecule has 0 spiro atoms. The van der Waals surface area contributed by atoms with Crippen LogP contribution in [-0.2, 0) is 20.8 Å². The van der Waals surface area contributed by atoms with E-state index in [0.29, 0.717) is 11.1 Å². The second-order valence-electron chi connectivity index (χ2n) is 10.4. The zero-order chi connectivity index (χ0) is 27.0. The van der Waals surface area contributed by atoms with Crippen LogP contribution < -0.4 is 5.73 Å². The molecule has 1 aromatic rings. The number of hydrogen-bond donors (Lipinski definition) is 5. The summed E-state index contributed by atoms with van der Waals surface area (Å²) in [7, 11) is 3.09. The number of primary amides is 1. The number of nitrogens with zero attached hydrogens (tertiary/aromatic N) is 2. The first-order valence-electron chi connectivity index (χ1n) is 11.2. The number of hydrogen-bond acceptors (Lipinski definition) is 9. The van der Waals surface area contributed by atoms with Gasteiger partial charge in [-0.15, -0.1) is 0 Å². The van der Waals surface area contributed by atoms with Crippen molar-refractivity contribution >= 4 is 29.3 Å². The standard InChI is InChI=1S/C26H27N3O7/c1-24-10-13-12(6-5-9-27)7-8-14(30)15(13)18(31)17(24)22(34)26(36)21(33)16(23(28)35)19(32)20(29(3)4)25(26,2)11-24/h5-8,20,30-31,33,36H,10-11H2,1-4H3,(H2,28,35)/b6-5+/t20-,24+,25+,26-/m1/s1. The number of aliphatic hydroxyl groups excluding tert-OH is 2. The molecule has 1 amide bonds. The number of carbonyl (C=O) groups excluding carboxylic acids is 3. The van der Waals surface area contributed by atoms with E-state index in [4.69, 9.17) is 11.0 Å². The third-order valence-electron chi connectivity index (χ3n) is 7.89. The predicted octanol–water partition coefficient (Wildman–Crippen LogP) is 1.28. The summed E-state index contributed by atoms with van der Waals surface area (Å²) < 4.78 is 0. The van der Waals surface area contributed by atoms with Crippen LogP contribution in [0, 0.1) is 22.2 Å². The van der Waals surface area contributed by atoms with Gasteiger partial charge in [0.1, 0.15) is 22.8 Å². The molecule has 1 aromatic carbocycles. The number of fused-ring (bicyclic) bond motifs is 3. The molecule has 1 saturated carbocycles. The van der Waals surface area contributed by atoms with Gasteiger partial charge in [-0.2, -0.15) is 5.26 Å². The Kier molecular flexibility index (Phi) is 5.44. The van der Waals surface area contributed by atoms with Crippen molar-refractivity contribution < 1.29 is 34.8 Å². The Morgan fingerprint density at radius 2 is 1.86 bits per heavy atom. The molecule has 36 heavy (non-hydrogen) atoms. The normalized spacial score (nSPS) is 31.9. The topological polar surface area (TPSA) is 185 Å². The zero-order valence-corrected chi connectivity index (χ0v) is 20.3. The molecule has 0 saturated heterocycles. The highest BCUT2D eigenvalue weighted by atomic mass is 16.3. The van der Waals surface area contributed by atoms with Crippen molar-refractivity contribution in [2.24, 2.45) is 16.6 Å². The zero-order valence-electron chi connectivity index (χ0n) is 20.3. The number of amides is 1. The van der Waals surface area contributed by atoms with Gasteiger partial charge in [-0.25, -0.2) is 0 Å². The third-order valence-corrected chi connectivity index (χ3v) is 7.89. The van der Waals surface area contributed by atoms with E-state index in [1.54, 1.807) is 27.1 Å². The fraction of sp³-hybridized carbons (Fsp3) is 0.385. The van der Waals surface area contributed by atoms with Crippen molar-refractivity contribution in [2.45, 2.75) is 38.3 Å². The number of nitrogens with two attached hydrogens (primary N) is 1. The Morgan fingerprint density at radius 3 is 2.42 bits per heavy atom. The highest BCUT2D eigenvalue weighted by Gasteiger charge is 2.72. The molecule has 4 rings (SSSR count). The van der Waals surface area contributed by atoms with E-state index < -0.39 is 57.0 Å². The molecule has 1 fully saturated rings. The van der Waals surface area contributed by atoms with Crippen LogP contribution in [0.4, 0.5) is 0 Å². The van der Waals surface area contributed by atoms with Crippen LogP contribution in [0.1, 0.15) is 37.0 Å². The number of benzene rings is 1. The minimum atomic E-state index is -2.76. The Labute approximate surface area is 207 Å². The van der Waals surface area contributed by atoms with Crippen LogP contribution in [0.25, 0.3) is 11.8 Å². The lowest BCUT2D eigenvalue weighted by Gasteiger charge is -2.59. The maximum atomic E-state index is 14.1. The molecule has 0 aliphatic heterocycles. The molecular formula is C26H27N3O7. The first-order valence-corrected chi connectivity index (χ1v) is 11.2. The number of Topliss-reactive ketones (excluding diaryl/α,β-unsaturated/α-hetero) is 2. The number of aromatic hydroxyl groups is 1. The predicted molar refractivity (Wildman–Crippen MR) is 128 cm³/mol. The number of ketones is 2. The fourth-order valence-corrected chi connectivity index (χ4v) is 6.63. The van der Waals surface area contributed by atoms with Crippen LogP contribution in [-0.4, -0.2) is 68.5 Å². The molecular weight excluding hydrogens is 466 g/mol. The quantitative estimate of drug-likeness (QED) is 0.305. The van der Waals surface area contributed by atoms with Crippen LogP contribution >= 0.6 is 0 Å². The smallest absolute Gasteiger partial charge is 0.255 e. The van der Waals surface area contributed by atoms with E-state index in [1.165, 1.54) is 30.0 Å². The van der Waals surface area contributed by atoms with Crippen molar-refractivity contribution in [3.05, 3.63) is 51.8 Å². The van der Waals surface area contributed by atoms with Gasteiger partial charge in [0.05, 0.1) is 17.7 Å². The van der Waals surface area contributed by atoms with Gasteiger partial charge in [-0.05, 0) is 50.2 Å². The minimum absolute atomic E-state index is 0.0299. The molecule has 188 valence electrons. The van der Waals surface area contributed by atoms with Crippen LogP contribution in [0.2, 0.25) is 0 Å². The van der Waals surface area contributed by atoms with Gasteiger partial charge in [0.2, 0.25) is 5.78 Å². The molecule has 0 unspecified atom stereocenters. The van der Waals surface area contributed by atoms with Crippen LogP contribution in [0.5, 0.6) is 5.75 Å². The van der Waals surface area contributed by atoms with E-state index in [-0.39, 0.29) is 29.7 Å². The summed E-state index contributed by atoms with van der Waals surface area (Å²) in [5.74, 6) is -5.25. The number of rotatable bonds is 3. The van der Waals surface area contributed by atoms with Gasteiger partial charge in [-0.1, -0.05) is 19.9 Å². The molecule has 0 heterocycles.